The highest BCUT2D eigenvalue weighted by atomic mass is 35.5. The SMILES string of the molecule is CCOC(=O)c1nn(-c2ccc(Cl)c(Cl)c2)c(=O)c2c(N)sc(C)c12. The number of carbonyl (C=O) groups is 1. The maximum Gasteiger partial charge on any atom is 0.359 e. The van der Waals surface area contributed by atoms with Crippen LogP contribution in [0.1, 0.15) is 22.3 Å². The Bertz CT molecular complexity index is 1060. The summed E-state index contributed by atoms with van der Waals surface area (Å²) in [5, 5.41) is 5.80. The topological polar surface area (TPSA) is 87.2 Å². The zero-order chi connectivity index (χ0) is 18.3. The number of anilines is 1. The van der Waals surface area contributed by atoms with Gasteiger partial charge in [-0.3, -0.25) is 4.79 Å². The minimum absolute atomic E-state index is 0.0352. The number of hydrogen-bond acceptors (Lipinski definition) is 6. The average molecular weight is 398 g/mol. The van der Waals surface area contributed by atoms with Crippen LogP contribution in [-0.2, 0) is 4.74 Å². The molecule has 6 nitrogen and oxygen atoms in total. The molecule has 25 heavy (non-hydrogen) atoms. The van der Waals surface area contributed by atoms with Crippen molar-refractivity contribution in [1.29, 1.82) is 0 Å². The second-order valence-corrected chi connectivity index (χ2v) is 7.23. The Morgan fingerprint density at radius 3 is 2.68 bits per heavy atom. The van der Waals surface area contributed by atoms with Gasteiger partial charge in [0, 0.05) is 10.3 Å². The molecule has 2 heterocycles. The summed E-state index contributed by atoms with van der Waals surface area (Å²) in [6.07, 6.45) is 0. The third kappa shape index (κ3) is 2.99. The van der Waals surface area contributed by atoms with Crippen LogP contribution in [-0.4, -0.2) is 22.4 Å². The van der Waals surface area contributed by atoms with Gasteiger partial charge in [0.05, 0.1) is 32.7 Å². The van der Waals surface area contributed by atoms with Crippen LogP contribution in [0, 0.1) is 6.92 Å². The van der Waals surface area contributed by atoms with Gasteiger partial charge in [-0.2, -0.15) is 9.78 Å². The molecule has 0 fully saturated rings. The van der Waals surface area contributed by atoms with E-state index in [2.05, 4.69) is 5.10 Å². The Kier molecular flexibility index (Phi) is 4.73. The fourth-order valence-corrected chi connectivity index (χ4v) is 3.71. The molecule has 0 saturated heterocycles. The summed E-state index contributed by atoms with van der Waals surface area (Å²) in [6, 6.07) is 4.62. The Balaban J connectivity index is 2.39. The lowest BCUT2D eigenvalue weighted by Gasteiger charge is -2.10. The van der Waals surface area contributed by atoms with E-state index in [0.29, 0.717) is 21.1 Å². The van der Waals surface area contributed by atoms with Crippen molar-refractivity contribution in [3.05, 3.63) is 49.2 Å². The molecule has 0 aliphatic heterocycles. The minimum Gasteiger partial charge on any atom is -0.461 e. The Morgan fingerprint density at radius 2 is 2.04 bits per heavy atom. The number of carbonyl (C=O) groups excluding carboxylic acids is 1. The zero-order valence-electron chi connectivity index (χ0n) is 13.3. The van der Waals surface area contributed by atoms with Crippen molar-refractivity contribution in [2.45, 2.75) is 13.8 Å². The molecule has 0 unspecified atom stereocenters. The minimum atomic E-state index is -0.623. The van der Waals surface area contributed by atoms with Crippen LogP contribution < -0.4 is 11.3 Å². The summed E-state index contributed by atoms with van der Waals surface area (Å²) in [5.41, 5.74) is 5.96. The van der Waals surface area contributed by atoms with Crippen molar-refractivity contribution in [1.82, 2.24) is 9.78 Å². The molecule has 3 rings (SSSR count). The van der Waals surface area contributed by atoms with E-state index >= 15 is 0 Å². The molecule has 130 valence electrons. The highest BCUT2D eigenvalue weighted by Gasteiger charge is 2.23. The predicted octanol–water partition coefficient (Wildman–Crippen LogP) is 3.82. The third-order valence-electron chi connectivity index (χ3n) is 3.57. The standard InChI is InChI=1S/C16H13Cl2N3O3S/c1-3-24-16(23)13-11-7(2)25-14(19)12(11)15(22)21(20-13)8-4-5-9(17)10(18)6-8/h4-6H,3,19H2,1-2H3. The first-order chi connectivity index (χ1) is 11.8. The molecule has 3 aromatic rings. The van der Waals surface area contributed by atoms with Crippen LogP contribution in [0.5, 0.6) is 0 Å². The Labute approximate surface area is 156 Å². The second-order valence-electron chi connectivity index (χ2n) is 5.16. The van der Waals surface area contributed by atoms with E-state index in [1.54, 1.807) is 26.0 Å². The molecule has 2 aromatic heterocycles. The number of thiophene rings is 1. The predicted molar refractivity (Wildman–Crippen MR) is 100 cm³/mol. The number of benzene rings is 1. The summed E-state index contributed by atoms with van der Waals surface area (Å²) in [6.45, 7) is 3.65. The molecular formula is C16H13Cl2N3O3S. The number of aromatic nitrogens is 2. The number of aryl methyl sites for hydroxylation is 1. The second kappa shape index (κ2) is 6.67. The third-order valence-corrected chi connectivity index (χ3v) is 5.24. The first-order valence-corrected chi connectivity index (χ1v) is 8.86. The number of halogens is 2. The lowest BCUT2D eigenvalue weighted by Crippen LogP contribution is -2.25. The van der Waals surface area contributed by atoms with E-state index in [0.717, 1.165) is 9.56 Å². The normalized spacial score (nSPS) is 11.0. The molecule has 0 atom stereocenters. The van der Waals surface area contributed by atoms with Crippen LogP contribution in [0.2, 0.25) is 10.0 Å². The van der Waals surface area contributed by atoms with E-state index in [4.69, 9.17) is 33.7 Å². The van der Waals surface area contributed by atoms with Gasteiger partial charge in [-0.05, 0) is 32.0 Å². The number of nitrogens with two attached hydrogens (primary N) is 1. The fraction of sp³-hybridized carbons (Fsp3) is 0.188. The molecule has 0 radical (unpaired) electrons. The number of fused-ring (bicyclic) bond motifs is 1. The monoisotopic (exact) mass is 397 g/mol. The lowest BCUT2D eigenvalue weighted by molar-refractivity contribution is 0.0520. The Morgan fingerprint density at radius 1 is 1.32 bits per heavy atom. The van der Waals surface area contributed by atoms with E-state index < -0.39 is 11.5 Å². The first kappa shape index (κ1) is 17.7. The molecule has 2 N–H and O–H groups in total. The quantitative estimate of drug-likeness (QED) is 0.678. The van der Waals surface area contributed by atoms with Crippen molar-refractivity contribution in [2.24, 2.45) is 0 Å². The maximum absolute atomic E-state index is 12.9. The van der Waals surface area contributed by atoms with Crippen molar-refractivity contribution >= 4 is 56.3 Å². The smallest absolute Gasteiger partial charge is 0.359 e. The molecule has 0 saturated carbocycles. The number of hydrogen-bond donors (Lipinski definition) is 1. The largest absolute Gasteiger partial charge is 0.461 e. The van der Waals surface area contributed by atoms with Gasteiger partial charge in [0.15, 0.2) is 5.69 Å². The van der Waals surface area contributed by atoms with Crippen LogP contribution in [0.25, 0.3) is 16.5 Å². The van der Waals surface area contributed by atoms with E-state index in [1.807, 2.05) is 0 Å². The molecule has 9 heteroatoms. The van der Waals surface area contributed by atoms with Crippen LogP contribution >= 0.6 is 34.5 Å². The summed E-state index contributed by atoms with van der Waals surface area (Å²) in [5.74, 6) is -0.623. The van der Waals surface area contributed by atoms with Crippen molar-refractivity contribution in [2.75, 3.05) is 12.3 Å². The zero-order valence-corrected chi connectivity index (χ0v) is 15.6. The van der Waals surface area contributed by atoms with Gasteiger partial charge < -0.3 is 10.5 Å². The van der Waals surface area contributed by atoms with Gasteiger partial charge in [0.1, 0.15) is 0 Å². The van der Waals surface area contributed by atoms with Crippen LogP contribution in [0.15, 0.2) is 23.0 Å². The van der Waals surface area contributed by atoms with Gasteiger partial charge in [0.25, 0.3) is 5.56 Å². The molecule has 0 bridgehead atoms. The van der Waals surface area contributed by atoms with E-state index in [-0.39, 0.29) is 22.7 Å². The molecule has 0 aliphatic carbocycles. The average Bonchev–Trinajstić information content (AvgIpc) is 2.86. The molecule has 0 aliphatic rings. The highest BCUT2D eigenvalue weighted by molar-refractivity contribution is 7.17. The van der Waals surface area contributed by atoms with Gasteiger partial charge in [-0.25, -0.2) is 4.79 Å². The van der Waals surface area contributed by atoms with Gasteiger partial charge >= 0.3 is 5.97 Å². The first-order valence-electron chi connectivity index (χ1n) is 7.29. The maximum atomic E-state index is 12.9. The van der Waals surface area contributed by atoms with Crippen molar-refractivity contribution in [3.8, 4) is 5.69 Å². The van der Waals surface area contributed by atoms with Crippen molar-refractivity contribution < 1.29 is 9.53 Å². The fourth-order valence-electron chi connectivity index (χ4n) is 2.50. The van der Waals surface area contributed by atoms with Gasteiger partial charge in [-0.1, -0.05) is 23.2 Å². The van der Waals surface area contributed by atoms with E-state index in [1.165, 1.54) is 17.4 Å². The van der Waals surface area contributed by atoms with Crippen LogP contribution in [0.4, 0.5) is 5.00 Å². The summed E-state index contributed by atoms with van der Waals surface area (Å²) < 4.78 is 6.16. The van der Waals surface area contributed by atoms with Crippen molar-refractivity contribution in [3.63, 3.8) is 0 Å². The van der Waals surface area contributed by atoms with Gasteiger partial charge in [0.2, 0.25) is 0 Å². The molecule has 0 spiro atoms. The van der Waals surface area contributed by atoms with E-state index in [9.17, 15) is 9.59 Å². The molecule has 1 aromatic carbocycles. The molecule has 0 amide bonds. The number of nitrogens with zero attached hydrogens (tertiary/aromatic N) is 2. The highest BCUT2D eigenvalue weighted by Crippen LogP contribution is 2.33. The summed E-state index contributed by atoms with van der Waals surface area (Å²) in [7, 11) is 0. The number of rotatable bonds is 3. The summed E-state index contributed by atoms with van der Waals surface area (Å²) >= 11 is 13.2. The summed E-state index contributed by atoms with van der Waals surface area (Å²) in [4.78, 5) is 26.0. The number of nitrogen functional groups attached to an aromatic ring is 1. The number of esters is 1. The van der Waals surface area contributed by atoms with Crippen LogP contribution in [0.3, 0.4) is 0 Å². The Hall–Kier alpha value is -2.09. The molecular weight excluding hydrogens is 385 g/mol. The number of ether oxygens (including phenoxy) is 1. The van der Waals surface area contributed by atoms with Gasteiger partial charge in [-0.15, -0.1) is 11.3 Å². The lowest BCUT2D eigenvalue weighted by atomic mass is 10.2.